The molecule has 2 rings (SSSR count). The van der Waals surface area contributed by atoms with Crippen molar-refractivity contribution in [3.05, 3.63) is 17.4 Å². The Balaban J connectivity index is 2.54. The van der Waals surface area contributed by atoms with Crippen molar-refractivity contribution in [2.75, 3.05) is 5.73 Å². The topological polar surface area (TPSA) is 69.6 Å². The number of rotatable bonds is 1. The summed E-state index contributed by atoms with van der Waals surface area (Å²) in [5.74, 6) is 1.03. The number of nitrogens with zero attached hydrogens (tertiary/aromatic N) is 4. The molecule has 2 N–H and O–H groups in total. The van der Waals surface area contributed by atoms with Crippen LogP contribution < -0.4 is 5.73 Å². The van der Waals surface area contributed by atoms with Crippen LogP contribution in [0.15, 0.2) is 11.6 Å². The number of aromatic nitrogens is 4. The smallest absolute Gasteiger partial charge is 0.240 e. The summed E-state index contributed by atoms with van der Waals surface area (Å²) in [6.45, 7) is 1.84. The highest BCUT2D eigenvalue weighted by molar-refractivity contribution is 7.12. The third-order valence-corrected chi connectivity index (χ3v) is 2.13. The molecule has 0 amide bonds. The van der Waals surface area contributed by atoms with Gasteiger partial charge in [-0.05, 0) is 6.92 Å². The molecular weight excluding hydrogens is 174 g/mol. The predicted molar refractivity (Wildman–Crippen MR) is 46.2 cm³/mol. The average molecular weight is 181 g/mol. The Morgan fingerprint density at radius 2 is 2.42 bits per heavy atom. The lowest BCUT2D eigenvalue weighted by Gasteiger charge is -1.93. The van der Waals surface area contributed by atoms with Gasteiger partial charge in [-0.3, -0.25) is 0 Å². The molecule has 0 fully saturated rings. The second-order valence-corrected chi connectivity index (χ2v) is 3.12. The number of thiazole rings is 1. The third kappa shape index (κ3) is 1.06. The molecule has 2 aromatic rings. The number of aryl methyl sites for hydroxylation is 1. The van der Waals surface area contributed by atoms with E-state index < -0.39 is 0 Å². The number of anilines is 1. The molecule has 0 aromatic carbocycles. The minimum absolute atomic E-state index is 0.280. The van der Waals surface area contributed by atoms with Crippen LogP contribution in [0.5, 0.6) is 0 Å². The summed E-state index contributed by atoms with van der Waals surface area (Å²) < 4.78 is 1.62. The minimum atomic E-state index is 0.280. The molecule has 0 bridgehead atoms. The van der Waals surface area contributed by atoms with E-state index in [0.717, 1.165) is 11.0 Å². The van der Waals surface area contributed by atoms with Gasteiger partial charge in [0.05, 0.1) is 0 Å². The highest BCUT2D eigenvalue weighted by atomic mass is 32.1. The first kappa shape index (κ1) is 7.23. The first-order valence-corrected chi connectivity index (χ1v) is 4.24. The summed E-state index contributed by atoms with van der Waals surface area (Å²) >= 11 is 1.50. The lowest BCUT2D eigenvalue weighted by molar-refractivity contribution is 0.834. The van der Waals surface area contributed by atoms with Gasteiger partial charge < -0.3 is 5.73 Å². The van der Waals surface area contributed by atoms with Crippen LogP contribution in [-0.4, -0.2) is 19.7 Å². The van der Waals surface area contributed by atoms with Crippen molar-refractivity contribution in [1.29, 1.82) is 0 Å². The fraction of sp³-hybridized carbons (Fsp3) is 0.167. The molecule has 5 nitrogen and oxygen atoms in total. The van der Waals surface area contributed by atoms with Crippen molar-refractivity contribution in [3.63, 3.8) is 0 Å². The Bertz CT molecular complexity index is 377. The van der Waals surface area contributed by atoms with Gasteiger partial charge in [0.25, 0.3) is 0 Å². The largest absolute Gasteiger partial charge is 0.366 e. The van der Waals surface area contributed by atoms with E-state index in [1.165, 1.54) is 11.3 Å². The van der Waals surface area contributed by atoms with Crippen LogP contribution in [0.4, 0.5) is 5.95 Å². The Morgan fingerprint density at radius 3 is 2.92 bits per heavy atom. The maximum absolute atomic E-state index is 5.42. The van der Waals surface area contributed by atoms with Gasteiger partial charge in [0.15, 0.2) is 0 Å². The summed E-state index contributed by atoms with van der Waals surface area (Å²) in [5, 5.41) is 6.65. The quantitative estimate of drug-likeness (QED) is 0.700. The fourth-order valence-corrected chi connectivity index (χ4v) is 1.55. The molecule has 0 atom stereocenters. The maximum Gasteiger partial charge on any atom is 0.240 e. The third-order valence-electron chi connectivity index (χ3n) is 1.39. The van der Waals surface area contributed by atoms with Crippen molar-refractivity contribution >= 4 is 17.3 Å². The molecule has 0 radical (unpaired) electrons. The summed E-state index contributed by atoms with van der Waals surface area (Å²) in [6.07, 6.45) is 1.72. The molecule has 0 saturated carbocycles. The summed E-state index contributed by atoms with van der Waals surface area (Å²) in [5.41, 5.74) is 5.42. The van der Waals surface area contributed by atoms with Gasteiger partial charge in [0, 0.05) is 11.6 Å². The number of hydrogen-bond acceptors (Lipinski definition) is 5. The van der Waals surface area contributed by atoms with E-state index in [4.69, 9.17) is 5.73 Å². The number of hydrogen-bond donors (Lipinski definition) is 1. The van der Waals surface area contributed by atoms with Crippen molar-refractivity contribution in [3.8, 4) is 5.13 Å². The first-order chi connectivity index (χ1) is 5.77. The SMILES string of the molecule is Cc1nc(N)nn1-c1nccs1. The highest BCUT2D eigenvalue weighted by Gasteiger charge is 2.06. The molecule has 0 spiro atoms. The van der Waals surface area contributed by atoms with Crippen LogP contribution in [0.3, 0.4) is 0 Å². The van der Waals surface area contributed by atoms with Gasteiger partial charge in [-0.15, -0.1) is 16.4 Å². The first-order valence-electron chi connectivity index (χ1n) is 3.36. The van der Waals surface area contributed by atoms with Crippen LogP contribution in [-0.2, 0) is 0 Å². The van der Waals surface area contributed by atoms with Crippen LogP contribution >= 0.6 is 11.3 Å². The minimum Gasteiger partial charge on any atom is -0.366 e. The lowest BCUT2D eigenvalue weighted by Crippen LogP contribution is -1.98. The van der Waals surface area contributed by atoms with Gasteiger partial charge in [-0.2, -0.15) is 9.67 Å². The van der Waals surface area contributed by atoms with Gasteiger partial charge in [0.2, 0.25) is 11.1 Å². The van der Waals surface area contributed by atoms with E-state index in [-0.39, 0.29) is 5.95 Å². The molecule has 12 heavy (non-hydrogen) atoms. The van der Waals surface area contributed by atoms with Gasteiger partial charge in [-0.25, -0.2) is 4.98 Å². The summed E-state index contributed by atoms with van der Waals surface area (Å²) in [4.78, 5) is 8.05. The van der Waals surface area contributed by atoms with Crippen LogP contribution in [0.2, 0.25) is 0 Å². The molecule has 0 aliphatic rings. The van der Waals surface area contributed by atoms with E-state index in [9.17, 15) is 0 Å². The molecular formula is C6H7N5S. The van der Waals surface area contributed by atoms with Crippen LogP contribution in [0, 0.1) is 6.92 Å². The fourth-order valence-electron chi connectivity index (χ4n) is 0.912. The Kier molecular flexibility index (Phi) is 1.54. The van der Waals surface area contributed by atoms with Gasteiger partial charge in [0.1, 0.15) is 5.82 Å². The second-order valence-electron chi connectivity index (χ2n) is 2.24. The molecule has 0 aliphatic carbocycles. The van der Waals surface area contributed by atoms with Crippen molar-refractivity contribution in [1.82, 2.24) is 19.7 Å². The molecule has 2 aromatic heterocycles. The molecule has 62 valence electrons. The lowest BCUT2D eigenvalue weighted by atomic mass is 10.7. The molecule has 0 aliphatic heterocycles. The second kappa shape index (κ2) is 2.56. The molecule has 0 unspecified atom stereocenters. The number of nitrogen functional groups attached to an aromatic ring is 1. The van der Waals surface area contributed by atoms with Crippen molar-refractivity contribution in [2.45, 2.75) is 6.92 Å². The standard InChI is InChI=1S/C6H7N5S/c1-4-9-5(7)10-11(4)6-8-2-3-12-6/h2-3H,1H3,(H2,7,10). The molecule has 6 heteroatoms. The normalized spacial score (nSPS) is 10.4. The zero-order chi connectivity index (χ0) is 8.55. The average Bonchev–Trinajstić information content (AvgIpc) is 2.58. The highest BCUT2D eigenvalue weighted by Crippen LogP contribution is 2.12. The zero-order valence-corrected chi connectivity index (χ0v) is 7.25. The van der Waals surface area contributed by atoms with E-state index in [1.54, 1.807) is 10.9 Å². The molecule has 2 heterocycles. The van der Waals surface area contributed by atoms with Gasteiger partial charge in [-0.1, -0.05) is 0 Å². The maximum atomic E-state index is 5.42. The van der Waals surface area contributed by atoms with E-state index >= 15 is 0 Å². The Morgan fingerprint density at radius 1 is 1.58 bits per heavy atom. The molecule has 0 saturated heterocycles. The Labute approximate surface area is 72.9 Å². The van der Waals surface area contributed by atoms with Crippen LogP contribution in [0.1, 0.15) is 5.82 Å². The Hall–Kier alpha value is -1.43. The van der Waals surface area contributed by atoms with E-state index in [1.807, 2.05) is 12.3 Å². The van der Waals surface area contributed by atoms with Crippen molar-refractivity contribution in [2.24, 2.45) is 0 Å². The van der Waals surface area contributed by atoms with Gasteiger partial charge >= 0.3 is 0 Å². The number of nitrogens with two attached hydrogens (primary N) is 1. The zero-order valence-electron chi connectivity index (χ0n) is 6.43. The predicted octanol–water partition coefficient (Wildman–Crippen LogP) is 0.614. The van der Waals surface area contributed by atoms with E-state index in [2.05, 4.69) is 15.1 Å². The summed E-state index contributed by atoms with van der Waals surface area (Å²) in [7, 11) is 0. The van der Waals surface area contributed by atoms with Crippen molar-refractivity contribution < 1.29 is 0 Å². The monoisotopic (exact) mass is 181 g/mol. The van der Waals surface area contributed by atoms with Crippen LogP contribution in [0.25, 0.3) is 5.13 Å². The summed E-state index contributed by atoms with van der Waals surface area (Å²) in [6, 6.07) is 0. The van der Waals surface area contributed by atoms with E-state index in [0.29, 0.717) is 0 Å².